The zero-order valence-corrected chi connectivity index (χ0v) is 34.4. The minimum Gasteiger partial charge on any atom is -0.444 e. The van der Waals surface area contributed by atoms with Gasteiger partial charge in [0.25, 0.3) is 0 Å². The number of hydrogen-bond acceptors (Lipinski definition) is 10. The number of amides is 4. The van der Waals surface area contributed by atoms with Gasteiger partial charge in [0.05, 0.1) is 30.8 Å². The van der Waals surface area contributed by atoms with Crippen LogP contribution in [0.3, 0.4) is 0 Å². The monoisotopic (exact) mass is 785 g/mol. The van der Waals surface area contributed by atoms with E-state index in [1.165, 1.54) is 24.7 Å². The Morgan fingerprint density at radius 2 is 1.42 bits per heavy atom. The number of anilines is 3. The normalized spacial score (nSPS) is 16.7. The molecular weight excluding hydrogens is 733 g/mol. The molecule has 1 fully saturated rings. The molecule has 57 heavy (non-hydrogen) atoms. The standard InChI is InChI=1S/C43H52FN5O8/c1-24-29(19-45-21-32(24)49(39(52)56-42(6,7)8)40(53)57-43(9,10)11)28-17-27-18-33(46-20-30(27)36(35(28)44)48-38(51)55-41(3,4)5)47-37(50)34-25(2)31(34)23-54-22-26-15-13-12-14-16-26/h12-21,25,31,34H,22-23H2,1-11H3,(H,48,51)(H,46,47,50)/t25?,31-,34-/m0/s1. The number of carbonyl (C=O) groups excluding carboxylic acids is 4. The average molecular weight is 786 g/mol. The summed E-state index contributed by atoms with van der Waals surface area (Å²) in [7, 11) is 0. The lowest BCUT2D eigenvalue weighted by Crippen LogP contribution is -2.44. The molecule has 0 saturated heterocycles. The third kappa shape index (κ3) is 10.8. The molecule has 2 heterocycles. The lowest BCUT2D eigenvalue weighted by Gasteiger charge is -2.29. The number of pyridine rings is 2. The summed E-state index contributed by atoms with van der Waals surface area (Å²) in [6.45, 7) is 19.4. The number of rotatable bonds is 9. The van der Waals surface area contributed by atoms with Crippen LogP contribution in [0.4, 0.5) is 36.0 Å². The van der Waals surface area contributed by atoms with E-state index >= 15 is 4.39 Å². The van der Waals surface area contributed by atoms with Crippen LogP contribution in [0, 0.1) is 30.5 Å². The topological polar surface area (TPSA) is 158 Å². The van der Waals surface area contributed by atoms with E-state index in [9.17, 15) is 19.2 Å². The summed E-state index contributed by atoms with van der Waals surface area (Å²) >= 11 is 0. The van der Waals surface area contributed by atoms with Crippen molar-refractivity contribution in [2.75, 3.05) is 22.1 Å². The number of aromatic nitrogens is 2. The number of imide groups is 1. The maximum atomic E-state index is 16.9. The lowest BCUT2D eigenvalue weighted by atomic mass is 9.97. The Morgan fingerprint density at radius 3 is 2.02 bits per heavy atom. The van der Waals surface area contributed by atoms with E-state index in [2.05, 4.69) is 20.6 Å². The maximum Gasteiger partial charge on any atom is 0.424 e. The Labute approximate surface area is 332 Å². The van der Waals surface area contributed by atoms with Crippen LogP contribution in [0.25, 0.3) is 21.9 Å². The van der Waals surface area contributed by atoms with Gasteiger partial charge in [0.1, 0.15) is 22.6 Å². The number of ether oxygens (including phenoxy) is 4. The van der Waals surface area contributed by atoms with E-state index in [4.69, 9.17) is 18.9 Å². The van der Waals surface area contributed by atoms with Crippen LogP contribution in [0.1, 0.15) is 80.4 Å². The van der Waals surface area contributed by atoms with Crippen molar-refractivity contribution < 1.29 is 42.5 Å². The van der Waals surface area contributed by atoms with E-state index in [-0.39, 0.29) is 62.9 Å². The summed E-state index contributed by atoms with van der Waals surface area (Å²) < 4.78 is 39.4. The highest BCUT2D eigenvalue weighted by molar-refractivity contribution is 6.11. The Balaban J connectivity index is 1.52. The molecule has 1 aliphatic carbocycles. The van der Waals surface area contributed by atoms with Gasteiger partial charge < -0.3 is 24.3 Å². The Bertz CT molecular complexity index is 2130. The molecule has 14 heteroatoms. The maximum absolute atomic E-state index is 16.9. The van der Waals surface area contributed by atoms with E-state index in [0.717, 1.165) is 10.5 Å². The number of hydrogen-bond donors (Lipinski definition) is 2. The molecule has 2 aromatic carbocycles. The van der Waals surface area contributed by atoms with Gasteiger partial charge in [-0.25, -0.2) is 23.8 Å². The van der Waals surface area contributed by atoms with Crippen molar-refractivity contribution in [2.45, 2.75) is 99.6 Å². The minimum absolute atomic E-state index is 0.0133. The first-order valence-corrected chi connectivity index (χ1v) is 18.8. The van der Waals surface area contributed by atoms with Gasteiger partial charge in [-0.15, -0.1) is 0 Å². The average Bonchev–Trinajstić information content (AvgIpc) is 3.73. The third-order valence-electron chi connectivity index (χ3n) is 9.00. The molecular formula is C43H52FN5O8. The van der Waals surface area contributed by atoms with Crippen LogP contribution < -0.4 is 15.5 Å². The van der Waals surface area contributed by atoms with Crippen molar-refractivity contribution in [3.05, 3.63) is 78.0 Å². The van der Waals surface area contributed by atoms with Crippen molar-refractivity contribution in [3.63, 3.8) is 0 Å². The van der Waals surface area contributed by atoms with Crippen molar-refractivity contribution in [1.82, 2.24) is 9.97 Å². The summed E-state index contributed by atoms with van der Waals surface area (Å²) in [6, 6.07) is 12.9. The fraction of sp³-hybridized carbons (Fsp3) is 0.442. The SMILES string of the molecule is Cc1c(-c2cc3cc(NC(=O)[C@H]4C(C)[C@@H]4COCc4ccccc4)ncc3c(NC(=O)OC(C)(C)C)c2F)cncc1N(C(=O)OC(C)(C)C)C(=O)OC(C)(C)C. The third-order valence-corrected chi connectivity index (χ3v) is 9.00. The van der Waals surface area contributed by atoms with Gasteiger partial charge in [-0.05, 0) is 110 Å². The number of nitrogens with one attached hydrogen (secondary N) is 2. The van der Waals surface area contributed by atoms with Crippen LogP contribution in [0.5, 0.6) is 0 Å². The van der Waals surface area contributed by atoms with Gasteiger partial charge in [-0.2, -0.15) is 4.90 Å². The second-order valence-electron chi connectivity index (χ2n) is 17.2. The van der Waals surface area contributed by atoms with E-state index in [1.54, 1.807) is 75.3 Å². The van der Waals surface area contributed by atoms with Crippen LogP contribution in [0.15, 0.2) is 61.1 Å². The summed E-state index contributed by atoms with van der Waals surface area (Å²) in [6.07, 6.45) is 1.06. The quantitative estimate of drug-likeness (QED) is 0.157. The van der Waals surface area contributed by atoms with Gasteiger partial charge in [0.2, 0.25) is 5.91 Å². The van der Waals surface area contributed by atoms with Gasteiger partial charge in [0, 0.05) is 34.8 Å². The Hall–Kier alpha value is -5.63. The van der Waals surface area contributed by atoms with Crippen LogP contribution in [0.2, 0.25) is 0 Å². The highest BCUT2D eigenvalue weighted by Crippen LogP contribution is 2.47. The number of carbonyl (C=O) groups is 4. The number of benzene rings is 2. The van der Waals surface area contributed by atoms with Crippen molar-refractivity contribution in [2.24, 2.45) is 17.8 Å². The first kappa shape index (κ1) is 42.5. The highest BCUT2D eigenvalue weighted by Gasteiger charge is 2.51. The number of fused-ring (bicyclic) bond motifs is 1. The predicted octanol–water partition coefficient (Wildman–Crippen LogP) is 9.81. The van der Waals surface area contributed by atoms with Crippen LogP contribution in [-0.2, 0) is 30.3 Å². The van der Waals surface area contributed by atoms with Crippen molar-refractivity contribution >= 4 is 52.2 Å². The first-order valence-electron chi connectivity index (χ1n) is 18.8. The van der Waals surface area contributed by atoms with Gasteiger partial charge in [-0.1, -0.05) is 37.3 Å². The summed E-state index contributed by atoms with van der Waals surface area (Å²) in [5.41, 5.74) is -1.63. The fourth-order valence-electron chi connectivity index (χ4n) is 6.29. The summed E-state index contributed by atoms with van der Waals surface area (Å²) in [5.74, 6) is -1.05. The molecule has 1 saturated carbocycles. The second-order valence-corrected chi connectivity index (χ2v) is 17.2. The molecule has 2 N–H and O–H groups in total. The zero-order valence-electron chi connectivity index (χ0n) is 34.4. The predicted molar refractivity (Wildman–Crippen MR) is 215 cm³/mol. The lowest BCUT2D eigenvalue weighted by molar-refractivity contribution is -0.118. The second kappa shape index (κ2) is 16.5. The van der Waals surface area contributed by atoms with Crippen LogP contribution >= 0.6 is 0 Å². The summed E-state index contributed by atoms with van der Waals surface area (Å²) in [5, 5.41) is 6.05. The van der Waals surface area contributed by atoms with Gasteiger partial charge >= 0.3 is 18.3 Å². The molecule has 304 valence electrons. The van der Waals surface area contributed by atoms with Crippen molar-refractivity contribution in [3.8, 4) is 11.1 Å². The molecule has 1 aliphatic rings. The van der Waals surface area contributed by atoms with E-state index in [1.807, 2.05) is 37.3 Å². The molecule has 1 unspecified atom stereocenters. The van der Waals surface area contributed by atoms with Gasteiger partial charge in [-0.3, -0.25) is 15.1 Å². The molecule has 0 aliphatic heterocycles. The van der Waals surface area contributed by atoms with Crippen LogP contribution in [-0.4, -0.2) is 57.6 Å². The Kier molecular flexibility index (Phi) is 12.3. The highest BCUT2D eigenvalue weighted by atomic mass is 19.1. The molecule has 3 atom stereocenters. The molecule has 0 spiro atoms. The smallest absolute Gasteiger partial charge is 0.424 e. The molecule has 0 bridgehead atoms. The molecule has 2 aromatic heterocycles. The van der Waals surface area contributed by atoms with E-state index < -0.39 is 40.9 Å². The zero-order chi connectivity index (χ0) is 42.0. The molecule has 4 aromatic rings. The molecule has 0 radical (unpaired) electrons. The number of nitrogens with zero attached hydrogens (tertiary/aromatic N) is 3. The van der Waals surface area contributed by atoms with Gasteiger partial charge in [0.15, 0.2) is 5.82 Å². The molecule has 13 nitrogen and oxygen atoms in total. The fourth-order valence-corrected chi connectivity index (χ4v) is 6.29. The molecule has 5 rings (SSSR count). The number of halogens is 1. The first-order chi connectivity index (χ1) is 26.5. The van der Waals surface area contributed by atoms with Crippen molar-refractivity contribution in [1.29, 1.82) is 0 Å². The largest absolute Gasteiger partial charge is 0.444 e. The summed E-state index contributed by atoms with van der Waals surface area (Å²) in [4.78, 5) is 63.0. The van der Waals surface area contributed by atoms with E-state index in [0.29, 0.717) is 18.6 Å². The Morgan fingerprint density at radius 1 is 0.807 bits per heavy atom. The minimum atomic E-state index is -1.02. The molecule has 4 amide bonds.